The zero-order chi connectivity index (χ0) is 27.9. The SMILES string of the molecule is COC(=O)C(C)NC(=O)C1=C[C@H]2[C@@H](CC[C@H]3C[C@@H](O)CC[C@@]32C)[C@@H]2C[C@@H]3O[C@]4(CC[C@@H](C)CO4)[C@@H](C)[C@@H]3[C@@]12C. The summed E-state index contributed by atoms with van der Waals surface area (Å²) in [5.41, 5.74) is 0.539. The van der Waals surface area contributed by atoms with Crippen LogP contribution in [0.15, 0.2) is 11.6 Å². The molecule has 3 saturated carbocycles. The molecule has 1 unspecified atom stereocenters. The molecule has 218 valence electrons. The van der Waals surface area contributed by atoms with E-state index in [1.54, 1.807) is 6.92 Å². The van der Waals surface area contributed by atoms with Gasteiger partial charge in [-0.15, -0.1) is 0 Å². The number of carbonyl (C=O) groups excluding carboxylic acids is 2. The predicted octanol–water partition coefficient (Wildman–Crippen LogP) is 4.62. The molecule has 0 radical (unpaired) electrons. The summed E-state index contributed by atoms with van der Waals surface area (Å²) in [6.45, 7) is 11.7. The number of amides is 1. The summed E-state index contributed by atoms with van der Waals surface area (Å²) >= 11 is 0. The first-order valence-corrected chi connectivity index (χ1v) is 15.6. The third-order valence-electron chi connectivity index (χ3n) is 12.7. The van der Waals surface area contributed by atoms with E-state index in [0.29, 0.717) is 23.7 Å². The fraction of sp³-hybridized carbons (Fsp3) is 0.875. The second kappa shape index (κ2) is 9.55. The van der Waals surface area contributed by atoms with Crippen LogP contribution in [0.25, 0.3) is 0 Å². The average Bonchev–Trinajstić information content (AvgIpc) is 3.35. The van der Waals surface area contributed by atoms with Gasteiger partial charge in [0.15, 0.2) is 5.79 Å². The first-order chi connectivity index (χ1) is 18.4. The Kier molecular flexibility index (Phi) is 6.79. The Balaban J connectivity index is 1.40. The van der Waals surface area contributed by atoms with E-state index in [9.17, 15) is 14.7 Å². The Morgan fingerprint density at radius 3 is 2.59 bits per heavy atom. The number of aliphatic hydroxyl groups excluding tert-OH is 1. The number of esters is 1. The van der Waals surface area contributed by atoms with Crippen molar-refractivity contribution in [2.24, 2.45) is 52.3 Å². The maximum Gasteiger partial charge on any atom is 0.328 e. The number of hydrogen-bond acceptors (Lipinski definition) is 6. The minimum Gasteiger partial charge on any atom is -0.467 e. The Labute approximate surface area is 233 Å². The topological polar surface area (TPSA) is 94.1 Å². The highest BCUT2D eigenvalue weighted by Gasteiger charge is 2.70. The number of nitrogens with one attached hydrogen (secondary N) is 1. The quantitative estimate of drug-likeness (QED) is 0.505. The molecule has 2 saturated heterocycles. The van der Waals surface area contributed by atoms with Crippen molar-refractivity contribution in [3.8, 4) is 0 Å². The van der Waals surface area contributed by atoms with Crippen LogP contribution >= 0.6 is 0 Å². The van der Waals surface area contributed by atoms with Gasteiger partial charge in [0.25, 0.3) is 0 Å². The summed E-state index contributed by atoms with van der Waals surface area (Å²) in [7, 11) is 1.36. The van der Waals surface area contributed by atoms with E-state index < -0.39 is 17.8 Å². The molecule has 0 aromatic rings. The number of aliphatic hydroxyl groups is 1. The average molecular weight is 544 g/mol. The summed E-state index contributed by atoms with van der Waals surface area (Å²) in [5.74, 6) is 1.34. The van der Waals surface area contributed by atoms with Crippen molar-refractivity contribution in [1.29, 1.82) is 0 Å². The van der Waals surface area contributed by atoms with Crippen molar-refractivity contribution >= 4 is 11.9 Å². The van der Waals surface area contributed by atoms with Crippen LogP contribution in [0, 0.1) is 52.3 Å². The molecule has 1 spiro atoms. The van der Waals surface area contributed by atoms with Gasteiger partial charge in [0.05, 0.1) is 25.9 Å². The van der Waals surface area contributed by atoms with Crippen LogP contribution in [0.1, 0.15) is 86.0 Å². The second-order valence-corrected chi connectivity index (χ2v) is 14.6. The Morgan fingerprint density at radius 2 is 1.90 bits per heavy atom. The van der Waals surface area contributed by atoms with Crippen LogP contribution in [0.5, 0.6) is 0 Å². The molecule has 2 heterocycles. The molecule has 7 nitrogen and oxygen atoms in total. The number of ether oxygens (including phenoxy) is 3. The van der Waals surface area contributed by atoms with Gasteiger partial charge in [-0.25, -0.2) is 4.79 Å². The minimum absolute atomic E-state index is 0.0649. The lowest BCUT2D eigenvalue weighted by atomic mass is 9.45. The monoisotopic (exact) mass is 543 g/mol. The third-order valence-corrected chi connectivity index (χ3v) is 12.7. The van der Waals surface area contributed by atoms with Gasteiger partial charge in [-0.2, -0.15) is 0 Å². The normalized spacial score (nSPS) is 51.2. The molecule has 7 heteroatoms. The lowest BCUT2D eigenvalue weighted by Gasteiger charge is -2.60. The molecule has 6 rings (SSSR count). The standard InChI is InChI=1S/C32H49NO6/c1-17-9-12-32(38-16-17)18(2)27-26(39-32)15-24-22-8-7-20-13-21(34)10-11-30(20,4)23(22)14-25(31(24,27)5)28(35)33-19(3)29(36)37-6/h14,17-24,26-27,34H,7-13,15-16H2,1-6H3,(H,33,35)/t17-,18+,19?,20+,21+,22-,23+,24+,26+,27+,30+,31-,32-/m1/s1. The summed E-state index contributed by atoms with van der Waals surface area (Å²) in [5, 5.41) is 13.5. The molecular weight excluding hydrogens is 494 g/mol. The van der Waals surface area contributed by atoms with Gasteiger partial charge in [-0.1, -0.05) is 33.8 Å². The molecule has 2 N–H and O–H groups in total. The number of carbonyl (C=O) groups is 2. The molecule has 1 amide bonds. The molecule has 0 bridgehead atoms. The van der Waals surface area contributed by atoms with Gasteiger partial charge in [0.1, 0.15) is 6.04 Å². The number of methoxy groups -OCH3 is 1. The maximum absolute atomic E-state index is 14.2. The lowest BCUT2D eigenvalue weighted by Crippen LogP contribution is -2.56. The van der Waals surface area contributed by atoms with Crippen molar-refractivity contribution in [1.82, 2.24) is 5.32 Å². The lowest BCUT2D eigenvalue weighted by molar-refractivity contribution is -0.272. The summed E-state index contributed by atoms with van der Waals surface area (Å²) in [4.78, 5) is 26.5. The van der Waals surface area contributed by atoms with Crippen molar-refractivity contribution in [3.63, 3.8) is 0 Å². The number of hydrogen-bond donors (Lipinski definition) is 2. The van der Waals surface area contributed by atoms with Crippen LogP contribution in [0.2, 0.25) is 0 Å². The number of rotatable bonds is 3. The summed E-state index contributed by atoms with van der Waals surface area (Å²) < 4.78 is 18.4. The molecule has 13 atom stereocenters. The highest BCUT2D eigenvalue weighted by molar-refractivity contribution is 5.97. The van der Waals surface area contributed by atoms with Crippen LogP contribution in [0.3, 0.4) is 0 Å². The fourth-order valence-corrected chi connectivity index (χ4v) is 10.5. The zero-order valence-corrected chi connectivity index (χ0v) is 24.7. The van der Waals surface area contributed by atoms with E-state index in [2.05, 4.69) is 39.1 Å². The molecule has 0 aromatic heterocycles. The largest absolute Gasteiger partial charge is 0.467 e. The first-order valence-electron chi connectivity index (χ1n) is 15.6. The van der Waals surface area contributed by atoms with Crippen LogP contribution < -0.4 is 5.32 Å². The maximum atomic E-state index is 14.2. The van der Waals surface area contributed by atoms with Gasteiger partial charge >= 0.3 is 5.97 Å². The van der Waals surface area contributed by atoms with Crippen molar-refractivity contribution in [2.45, 2.75) is 110 Å². The van der Waals surface area contributed by atoms with Gasteiger partial charge < -0.3 is 24.6 Å². The zero-order valence-electron chi connectivity index (χ0n) is 24.7. The molecular formula is C32H49NO6. The third kappa shape index (κ3) is 3.99. The molecule has 0 aromatic carbocycles. The first kappa shape index (κ1) is 27.7. The highest BCUT2D eigenvalue weighted by Crippen LogP contribution is 2.71. The van der Waals surface area contributed by atoms with E-state index in [1.807, 2.05) is 0 Å². The molecule has 5 fully saturated rings. The van der Waals surface area contributed by atoms with E-state index in [-0.39, 0.29) is 46.7 Å². The number of fused-ring (bicyclic) bond motifs is 7. The highest BCUT2D eigenvalue weighted by atomic mass is 16.7. The Hall–Kier alpha value is -1.44. The molecule has 39 heavy (non-hydrogen) atoms. The summed E-state index contributed by atoms with van der Waals surface area (Å²) in [6.07, 6.45) is 10.1. The molecule has 2 aliphatic heterocycles. The second-order valence-electron chi connectivity index (χ2n) is 14.6. The fourth-order valence-electron chi connectivity index (χ4n) is 10.5. The molecule has 4 aliphatic carbocycles. The van der Waals surface area contributed by atoms with E-state index in [1.165, 1.54) is 7.11 Å². The van der Waals surface area contributed by atoms with Gasteiger partial charge in [-0.3, -0.25) is 4.79 Å². The van der Waals surface area contributed by atoms with Crippen molar-refractivity contribution in [3.05, 3.63) is 11.6 Å². The van der Waals surface area contributed by atoms with Crippen molar-refractivity contribution in [2.75, 3.05) is 13.7 Å². The van der Waals surface area contributed by atoms with Crippen molar-refractivity contribution < 1.29 is 28.9 Å². The molecule has 6 aliphatic rings. The van der Waals surface area contributed by atoms with E-state index in [0.717, 1.165) is 63.5 Å². The van der Waals surface area contributed by atoms with E-state index >= 15 is 0 Å². The Morgan fingerprint density at radius 1 is 1.13 bits per heavy atom. The van der Waals surface area contributed by atoms with Gasteiger partial charge in [0.2, 0.25) is 5.91 Å². The van der Waals surface area contributed by atoms with Crippen LogP contribution in [-0.2, 0) is 23.8 Å². The number of allylic oxidation sites excluding steroid dienone is 1. The smallest absolute Gasteiger partial charge is 0.328 e. The summed E-state index contributed by atoms with van der Waals surface area (Å²) in [6, 6.07) is -0.716. The van der Waals surface area contributed by atoms with E-state index in [4.69, 9.17) is 14.2 Å². The predicted molar refractivity (Wildman–Crippen MR) is 146 cm³/mol. The van der Waals surface area contributed by atoms with Gasteiger partial charge in [0, 0.05) is 29.2 Å². The Bertz CT molecular complexity index is 1030. The van der Waals surface area contributed by atoms with Crippen LogP contribution in [-0.4, -0.2) is 54.7 Å². The van der Waals surface area contributed by atoms with Gasteiger partial charge in [-0.05, 0) is 86.9 Å². The van der Waals surface area contributed by atoms with Crippen LogP contribution in [0.4, 0.5) is 0 Å². The minimum atomic E-state index is -0.716.